The second kappa shape index (κ2) is 10.3. The van der Waals surface area contributed by atoms with Crippen LogP contribution in [0, 0.1) is 5.82 Å². The number of carbonyl (C=O) groups is 1. The van der Waals surface area contributed by atoms with Crippen molar-refractivity contribution in [3.05, 3.63) is 88.7 Å². The molecule has 3 heterocycles. The van der Waals surface area contributed by atoms with E-state index in [0.717, 1.165) is 5.69 Å². The van der Waals surface area contributed by atoms with Crippen molar-refractivity contribution in [3.63, 3.8) is 0 Å². The molecule has 10 nitrogen and oxygen atoms in total. The van der Waals surface area contributed by atoms with Gasteiger partial charge in [-0.25, -0.2) is 18.9 Å². The van der Waals surface area contributed by atoms with E-state index in [1.54, 1.807) is 68.8 Å². The first-order valence-corrected chi connectivity index (χ1v) is 12.6. The van der Waals surface area contributed by atoms with Crippen LogP contribution in [0.3, 0.4) is 0 Å². The lowest BCUT2D eigenvalue weighted by molar-refractivity contribution is 0.262. The fraction of sp³-hybridized carbons (Fsp3) is 0.207. The van der Waals surface area contributed by atoms with Crippen LogP contribution in [0.25, 0.3) is 27.8 Å². The van der Waals surface area contributed by atoms with Crippen molar-refractivity contribution in [2.45, 2.75) is 26.2 Å². The van der Waals surface area contributed by atoms with Crippen LogP contribution in [-0.4, -0.2) is 37.4 Å². The Morgan fingerprint density at radius 1 is 1.00 bits per heavy atom. The van der Waals surface area contributed by atoms with Gasteiger partial charge in [-0.3, -0.25) is 14.7 Å². The molecule has 2 amide bonds. The van der Waals surface area contributed by atoms with Crippen LogP contribution in [-0.2, 0) is 12.5 Å². The Morgan fingerprint density at radius 2 is 1.77 bits per heavy atom. The molecule has 3 N–H and O–H groups in total. The summed E-state index contributed by atoms with van der Waals surface area (Å²) in [6.45, 7) is 6.01. The van der Waals surface area contributed by atoms with E-state index in [2.05, 4.69) is 31.0 Å². The van der Waals surface area contributed by atoms with Crippen molar-refractivity contribution in [1.82, 2.24) is 24.3 Å². The summed E-state index contributed by atoms with van der Waals surface area (Å²) in [5.41, 5.74) is 2.72. The Bertz CT molecular complexity index is 1800. The zero-order chi connectivity index (χ0) is 28.6. The molecule has 5 aromatic rings. The number of aryl methyl sites for hydroxylation is 1. The summed E-state index contributed by atoms with van der Waals surface area (Å²) < 4.78 is 16.9. The van der Waals surface area contributed by atoms with E-state index < -0.39 is 11.8 Å². The number of amides is 2. The van der Waals surface area contributed by atoms with Gasteiger partial charge in [-0.2, -0.15) is 10.1 Å². The van der Waals surface area contributed by atoms with E-state index in [1.807, 2.05) is 20.8 Å². The number of anilines is 3. The lowest BCUT2D eigenvalue weighted by Crippen LogP contribution is -2.22. The summed E-state index contributed by atoms with van der Waals surface area (Å²) in [5, 5.41) is 13.8. The maximum Gasteiger partial charge on any atom is 0.324 e. The number of hydrogen-bond acceptors (Lipinski definition) is 6. The summed E-state index contributed by atoms with van der Waals surface area (Å²) in [5.74, 6) is 0.390. The molecule has 0 fully saturated rings. The number of urea groups is 1. The first-order valence-electron chi connectivity index (χ1n) is 12.6. The molecule has 40 heavy (non-hydrogen) atoms. The molecule has 0 aliphatic heterocycles. The Morgan fingerprint density at radius 3 is 2.50 bits per heavy atom. The number of nitrogens with one attached hydrogen (secondary N) is 3. The van der Waals surface area contributed by atoms with Crippen molar-refractivity contribution in [3.8, 4) is 16.8 Å². The molecule has 0 spiro atoms. The number of carbonyl (C=O) groups excluding carboxylic acids is 1. The predicted molar refractivity (Wildman–Crippen MR) is 155 cm³/mol. The fourth-order valence-electron chi connectivity index (χ4n) is 4.26. The number of fused-ring (bicyclic) bond motifs is 1. The Hall–Kier alpha value is -5.06. The van der Waals surface area contributed by atoms with Crippen LogP contribution in [0.2, 0.25) is 0 Å². The van der Waals surface area contributed by atoms with Gasteiger partial charge < -0.3 is 10.6 Å². The second-order valence-electron chi connectivity index (χ2n) is 10.4. The summed E-state index contributed by atoms with van der Waals surface area (Å²) in [7, 11) is 3.37. The normalized spacial score (nSPS) is 11.4. The topological polar surface area (TPSA) is 119 Å². The Kier molecular flexibility index (Phi) is 6.80. The van der Waals surface area contributed by atoms with E-state index in [9.17, 15) is 14.0 Å². The maximum atomic E-state index is 14.0. The van der Waals surface area contributed by atoms with Crippen LogP contribution in [0.15, 0.2) is 71.7 Å². The first-order chi connectivity index (χ1) is 19.0. The molecular formula is C29H29FN8O2. The fourth-order valence-corrected chi connectivity index (χ4v) is 4.26. The van der Waals surface area contributed by atoms with Crippen LogP contribution in [0.4, 0.5) is 26.6 Å². The number of halogens is 1. The summed E-state index contributed by atoms with van der Waals surface area (Å²) in [6, 6.07) is 16.0. The van der Waals surface area contributed by atoms with E-state index in [0.29, 0.717) is 45.3 Å². The summed E-state index contributed by atoms with van der Waals surface area (Å²) in [6.07, 6.45) is 1.65. The van der Waals surface area contributed by atoms with Crippen LogP contribution >= 0.6 is 0 Å². The number of rotatable bonds is 5. The number of nitrogens with zero attached hydrogens (tertiary/aromatic N) is 5. The predicted octanol–water partition coefficient (Wildman–Crippen LogP) is 5.30. The van der Waals surface area contributed by atoms with Crippen molar-refractivity contribution in [2.24, 2.45) is 7.05 Å². The van der Waals surface area contributed by atoms with Gasteiger partial charge in [0.2, 0.25) is 5.95 Å². The Balaban J connectivity index is 1.43. The molecule has 11 heteroatoms. The van der Waals surface area contributed by atoms with E-state index in [4.69, 9.17) is 0 Å². The van der Waals surface area contributed by atoms with Crippen molar-refractivity contribution in [2.75, 3.05) is 23.0 Å². The molecule has 5 rings (SSSR count). The number of benzene rings is 2. The van der Waals surface area contributed by atoms with Gasteiger partial charge in [-0.15, -0.1) is 0 Å². The molecular weight excluding hydrogens is 511 g/mol. The molecule has 0 atom stereocenters. The SMILES string of the molecule is CNc1ncc2cc(-c3cccc(NC(=O)Nc4cc(C(C)(C)C)nn4-c4cccc(F)c4)c3)c(=O)n(C)c2n1. The van der Waals surface area contributed by atoms with Gasteiger partial charge in [0.1, 0.15) is 17.3 Å². The third-order valence-electron chi connectivity index (χ3n) is 6.38. The van der Waals surface area contributed by atoms with Crippen molar-refractivity contribution < 1.29 is 9.18 Å². The molecule has 2 aromatic carbocycles. The molecule has 0 aliphatic rings. The number of hydrogen-bond donors (Lipinski definition) is 3. The van der Waals surface area contributed by atoms with Crippen molar-refractivity contribution in [1.29, 1.82) is 0 Å². The highest BCUT2D eigenvalue weighted by molar-refractivity contribution is 6.00. The lowest BCUT2D eigenvalue weighted by Gasteiger charge is -2.14. The average molecular weight is 541 g/mol. The largest absolute Gasteiger partial charge is 0.357 e. The summed E-state index contributed by atoms with van der Waals surface area (Å²) in [4.78, 5) is 34.9. The lowest BCUT2D eigenvalue weighted by atomic mass is 9.92. The highest BCUT2D eigenvalue weighted by atomic mass is 19.1. The minimum atomic E-state index is -0.519. The van der Waals surface area contributed by atoms with E-state index in [-0.39, 0.29) is 11.0 Å². The van der Waals surface area contributed by atoms with Gasteiger partial charge in [-0.1, -0.05) is 39.0 Å². The van der Waals surface area contributed by atoms with Gasteiger partial charge in [-0.05, 0) is 42.0 Å². The average Bonchev–Trinajstić information content (AvgIpc) is 3.35. The zero-order valence-corrected chi connectivity index (χ0v) is 22.8. The van der Waals surface area contributed by atoms with E-state index >= 15 is 0 Å². The standard InChI is InChI=1S/C29H29FN8O2/c1-29(2,3)23-15-24(38(36-23)21-11-7-9-19(30)14-21)34-28(40)33-20-10-6-8-17(12-20)22-13-18-16-32-27(31-4)35-25(18)37(5)26(22)39/h6-16H,1-5H3,(H,31,32,35)(H2,33,34,40). The summed E-state index contributed by atoms with van der Waals surface area (Å²) >= 11 is 0. The maximum absolute atomic E-state index is 14.0. The monoisotopic (exact) mass is 540 g/mol. The number of pyridine rings is 1. The number of aromatic nitrogens is 5. The molecule has 3 aromatic heterocycles. The third-order valence-corrected chi connectivity index (χ3v) is 6.38. The molecule has 0 saturated carbocycles. The minimum absolute atomic E-state index is 0.233. The highest BCUT2D eigenvalue weighted by Gasteiger charge is 2.22. The minimum Gasteiger partial charge on any atom is -0.357 e. The highest BCUT2D eigenvalue weighted by Crippen LogP contribution is 2.27. The zero-order valence-electron chi connectivity index (χ0n) is 22.8. The molecule has 0 radical (unpaired) electrons. The smallest absolute Gasteiger partial charge is 0.324 e. The second-order valence-corrected chi connectivity index (χ2v) is 10.4. The van der Waals surface area contributed by atoms with Gasteiger partial charge in [0, 0.05) is 48.4 Å². The molecule has 0 bridgehead atoms. The van der Waals surface area contributed by atoms with Gasteiger partial charge in [0.15, 0.2) is 0 Å². The van der Waals surface area contributed by atoms with Gasteiger partial charge in [0.25, 0.3) is 5.56 Å². The molecule has 0 aliphatic carbocycles. The van der Waals surface area contributed by atoms with Crippen LogP contribution < -0.4 is 21.5 Å². The van der Waals surface area contributed by atoms with Crippen LogP contribution in [0.1, 0.15) is 26.5 Å². The first kappa shape index (κ1) is 26.5. The van der Waals surface area contributed by atoms with Gasteiger partial charge in [0.05, 0.1) is 11.4 Å². The quantitative estimate of drug-likeness (QED) is 0.278. The molecule has 0 unspecified atom stereocenters. The van der Waals surface area contributed by atoms with Crippen molar-refractivity contribution >= 4 is 34.5 Å². The Labute approximate surface area is 229 Å². The van der Waals surface area contributed by atoms with E-state index in [1.165, 1.54) is 21.4 Å². The van der Waals surface area contributed by atoms with Crippen LogP contribution in [0.5, 0.6) is 0 Å². The molecule has 204 valence electrons. The third kappa shape index (κ3) is 5.26. The van der Waals surface area contributed by atoms with Gasteiger partial charge >= 0.3 is 6.03 Å². The molecule has 0 saturated heterocycles.